The van der Waals surface area contributed by atoms with Crippen LogP contribution in [0.4, 0.5) is 4.79 Å². The van der Waals surface area contributed by atoms with E-state index in [0.717, 1.165) is 4.90 Å². The predicted octanol–water partition coefficient (Wildman–Crippen LogP) is 3.34. The summed E-state index contributed by atoms with van der Waals surface area (Å²) in [6.45, 7) is 3.97. The van der Waals surface area contributed by atoms with E-state index in [1.807, 2.05) is 19.1 Å². The van der Waals surface area contributed by atoms with E-state index in [0.29, 0.717) is 35.1 Å². The zero-order valence-electron chi connectivity index (χ0n) is 13.0. The molecule has 0 aromatic heterocycles. The standard InChI is InChI=1S/C16H19ClN2O3S/c1-3-12-14(15(20)22-4-2)13(19-16(21)18-12)9-23-11-7-5-10(17)6-8-11/h5-8,12H,3-4,9H2,1-2H3,(H2,18,19,21)/t12-/m1/s1. The second kappa shape index (κ2) is 8.26. The highest BCUT2D eigenvalue weighted by atomic mass is 35.5. The maximum Gasteiger partial charge on any atom is 0.337 e. The number of carbonyl (C=O) groups is 2. The third-order valence-electron chi connectivity index (χ3n) is 3.34. The number of rotatable bonds is 6. The van der Waals surface area contributed by atoms with Crippen LogP contribution in [0, 0.1) is 0 Å². The normalized spacial score (nSPS) is 17.5. The molecule has 0 fully saturated rings. The van der Waals surface area contributed by atoms with Gasteiger partial charge in [-0.25, -0.2) is 9.59 Å². The van der Waals surface area contributed by atoms with E-state index in [-0.39, 0.29) is 12.1 Å². The molecule has 0 aliphatic carbocycles. The van der Waals surface area contributed by atoms with Crippen molar-refractivity contribution < 1.29 is 14.3 Å². The van der Waals surface area contributed by atoms with Crippen molar-refractivity contribution in [2.75, 3.05) is 12.4 Å². The Labute approximate surface area is 144 Å². The molecule has 0 saturated heterocycles. The van der Waals surface area contributed by atoms with Crippen molar-refractivity contribution in [1.82, 2.24) is 10.6 Å². The number of hydrogen-bond donors (Lipinski definition) is 2. The first-order valence-electron chi connectivity index (χ1n) is 7.41. The van der Waals surface area contributed by atoms with Crippen LogP contribution in [0.3, 0.4) is 0 Å². The highest BCUT2D eigenvalue weighted by Gasteiger charge is 2.31. The van der Waals surface area contributed by atoms with E-state index >= 15 is 0 Å². The Hall–Kier alpha value is -1.66. The van der Waals surface area contributed by atoms with Crippen molar-refractivity contribution in [3.05, 3.63) is 40.6 Å². The van der Waals surface area contributed by atoms with Crippen LogP contribution < -0.4 is 10.6 Å². The van der Waals surface area contributed by atoms with Gasteiger partial charge in [-0.2, -0.15) is 0 Å². The van der Waals surface area contributed by atoms with E-state index < -0.39 is 5.97 Å². The van der Waals surface area contributed by atoms with Crippen LogP contribution in [0.5, 0.6) is 0 Å². The maximum atomic E-state index is 12.2. The van der Waals surface area contributed by atoms with Gasteiger partial charge in [0.15, 0.2) is 0 Å². The van der Waals surface area contributed by atoms with Crippen LogP contribution in [0.25, 0.3) is 0 Å². The maximum absolute atomic E-state index is 12.2. The molecule has 0 unspecified atom stereocenters. The summed E-state index contributed by atoms with van der Waals surface area (Å²) in [5.41, 5.74) is 1.09. The summed E-state index contributed by atoms with van der Waals surface area (Å²) < 4.78 is 5.13. The van der Waals surface area contributed by atoms with Crippen LogP contribution in [-0.2, 0) is 9.53 Å². The molecule has 0 bridgehead atoms. The van der Waals surface area contributed by atoms with Crippen LogP contribution >= 0.6 is 23.4 Å². The largest absolute Gasteiger partial charge is 0.463 e. The minimum absolute atomic E-state index is 0.295. The molecule has 1 atom stereocenters. The topological polar surface area (TPSA) is 67.4 Å². The van der Waals surface area contributed by atoms with E-state index in [1.165, 1.54) is 11.8 Å². The monoisotopic (exact) mass is 354 g/mol. The van der Waals surface area contributed by atoms with E-state index in [2.05, 4.69) is 10.6 Å². The summed E-state index contributed by atoms with van der Waals surface area (Å²) in [5.74, 6) is 0.0817. The van der Waals surface area contributed by atoms with Crippen molar-refractivity contribution in [3.8, 4) is 0 Å². The van der Waals surface area contributed by atoms with E-state index in [9.17, 15) is 9.59 Å². The second-order valence-corrected chi connectivity index (χ2v) is 6.40. The van der Waals surface area contributed by atoms with Gasteiger partial charge in [0.25, 0.3) is 0 Å². The van der Waals surface area contributed by atoms with Gasteiger partial charge in [0.1, 0.15) is 0 Å². The zero-order valence-corrected chi connectivity index (χ0v) is 14.6. The Morgan fingerprint density at radius 2 is 2.00 bits per heavy atom. The molecule has 2 N–H and O–H groups in total. The molecule has 7 heteroatoms. The van der Waals surface area contributed by atoms with Crippen LogP contribution in [-0.4, -0.2) is 30.4 Å². The summed E-state index contributed by atoms with van der Waals surface area (Å²) >= 11 is 7.39. The van der Waals surface area contributed by atoms with Gasteiger partial charge in [0.2, 0.25) is 0 Å². The van der Waals surface area contributed by atoms with E-state index in [4.69, 9.17) is 16.3 Å². The van der Waals surface area contributed by atoms with Gasteiger partial charge < -0.3 is 15.4 Å². The lowest BCUT2D eigenvalue weighted by atomic mass is 10.0. The molecular weight excluding hydrogens is 336 g/mol. The molecule has 1 heterocycles. The number of nitrogens with one attached hydrogen (secondary N) is 2. The molecule has 1 aliphatic heterocycles. The average Bonchev–Trinajstić information content (AvgIpc) is 2.53. The van der Waals surface area contributed by atoms with Crippen LogP contribution in [0.1, 0.15) is 20.3 Å². The molecular formula is C16H19ClN2O3S. The van der Waals surface area contributed by atoms with E-state index in [1.54, 1.807) is 19.1 Å². The SMILES string of the molecule is CCOC(=O)C1=C(CSc2ccc(Cl)cc2)NC(=O)N[C@@H]1CC. The van der Waals surface area contributed by atoms with Gasteiger partial charge in [-0.05, 0) is 37.6 Å². The van der Waals surface area contributed by atoms with Crippen molar-refractivity contribution in [1.29, 1.82) is 0 Å². The summed E-state index contributed by atoms with van der Waals surface area (Å²) in [5, 5.41) is 6.16. The van der Waals surface area contributed by atoms with Gasteiger partial charge in [0.05, 0.1) is 18.2 Å². The number of esters is 1. The fourth-order valence-corrected chi connectivity index (χ4v) is 3.26. The predicted molar refractivity (Wildman–Crippen MR) is 91.6 cm³/mol. The molecule has 124 valence electrons. The molecule has 2 rings (SSSR count). The molecule has 0 radical (unpaired) electrons. The number of thioether (sulfide) groups is 1. The fourth-order valence-electron chi connectivity index (χ4n) is 2.26. The lowest BCUT2D eigenvalue weighted by molar-refractivity contribution is -0.139. The summed E-state index contributed by atoms with van der Waals surface area (Å²) in [7, 11) is 0. The first-order valence-corrected chi connectivity index (χ1v) is 8.77. The molecule has 0 saturated carbocycles. The van der Waals surface area contributed by atoms with Crippen LogP contribution in [0.15, 0.2) is 40.4 Å². The number of carbonyl (C=O) groups excluding carboxylic acids is 2. The first-order chi connectivity index (χ1) is 11.0. The highest BCUT2D eigenvalue weighted by molar-refractivity contribution is 7.99. The number of amides is 2. The molecule has 1 aliphatic rings. The highest BCUT2D eigenvalue weighted by Crippen LogP contribution is 2.25. The Morgan fingerprint density at radius 1 is 1.30 bits per heavy atom. The minimum Gasteiger partial charge on any atom is -0.463 e. The molecule has 23 heavy (non-hydrogen) atoms. The molecule has 1 aromatic rings. The number of benzene rings is 1. The smallest absolute Gasteiger partial charge is 0.337 e. The molecule has 2 amide bonds. The Balaban J connectivity index is 2.22. The number of hydrogen-bond acceptors (Lipinski definition) is 4. The van der Waals surface area contributed by atoms with Crippen molar-refractivity contribution in [2.45, 2.75) is 31.2 Å². The number of halogens is 1. The average molecular weight is 355 g/mol. The molecule has 5 nitrogen and oxygen atoms in total. The van der Waals surface area contributed by atoms with Crippen molar-refractivity contribution in [3.63, 3.8) is 0 Å². The van der Waals surface area contributed by atoms with Crippen LogP contribution in [0.2, 0.25) is 5.02 Å². The second-order valence-electron chi connectivity index (χ2n) is 4.91. The third kappa shape index (κ3) is 4.65. The van der Waals surface area contributed by atoms with Gasteiger partial charge in [-0.1, -0.05) is 18.5 Å². The van der Waals surface area contributed by atoms with Crippen molar-refractivity contribution >= 4 is 35.4 Å². The summed E-state index contributed by atoms with van der Waals surface area (Å²) in [4.78, 5) is 25.0. The Kier molecular flexibility index (Phi) is 6.36. The summed E-state index contributed by atoms with van der Waals surface area (Å²) in [6.07, 6.45) is 0.622. The van der Waals surface area contributed by atoms with Gasteiger partial charge >= 0.3 is 12.0 Å². The van der Waals surface area contributed by atoms with Crippen molar-refractivity contribution in [2.24, 2.45) is 0 Å². The van der Waals surface area contributed by atoms with Gasteiger partial charge in [-0.15, -0.1) is 11.8 Å². The van der Waals surface area contributed by atoms with Gasteiger partial charge in [-0.3, -0.25) is 0 Å². The lowest BCUT2D eigenvalue weighted by Gasteiger charge is -2.28. The molecule has 1 aromatic carbocycles. The van der Waals surface area contributed by atoms with Gasteiger partial charge in [0, 0.05) is 21.4 Å². The number of ether oxygens (including phenoxy) is 1. The Bertz CT molecular complexity index is 616. The Morgan fingerprint density at radius 3 is 2.61 bits per heavy atom. The molecule has 0 spiro atoms. The fraction of sp³-hybridized carbons (Fsp3) is 0.375. The minimum atomic E-state index is -0.390. The summed E-state index contributed by atoms with van der Waals surface area (Å²) in [6, 6.07) is 6.79. The third-order valence-corrected chi connectivity index (χ3v) is 4.63. The number of urea groups is 1. The quantitative estimate of drug-likeness (QED) is 0.607. The lowest BCUT2D eigenvalue weighted by Crippen LogP contribution is -2.50. The first kappa shape index (κ1) is 17.7. The zero-order chi connectivity index (χ0) is 16.8.